The fourth-order valence-corrected chi connectivity index (χ4v) is 4.76. The number of amides is 1. The Kier molecular flexibility index (Phi) is 7.06. The number of aromatic nitrogens is 4. The maximum Gasteiger partial charge on any atom is 0.241 e. The van der Waals surface area contributed by atoms with Gasteiger partial charge in [-0.2, -0.15) is 4.98 Å². The van der Waals surface area contributed by atoms with E-state index in [-0.39, 0.29) is 11.8 Å². The van der Waals surface area contributed by atoms with Gasteiger partial charge in [0.2, 0.25) is 17.6 Å². The van der Waals surface area contributed by atoms with Gasteiger partial charge >= 0.3 is 0 Å². The van der Waals surface area contributed by atoms with Gasteiger partial charge < -0.3 is 14.4 Å². The van der Waals surface area contributed by atoms with Gasteiger partial charge in [0.05, 0.1) is 18.2 Å². The number of benzene rings is 2. The number of hydrogen-bond donors (Lipinski definition) is 1. The minimum Gasteiger partial charge on any atom is -0.352 e. The average molecular weight is 535 g/mol. The number of halogens is 1. The van der Waals surface area contributed by atoms with Gasteiger partial charge in [0.1, 0.15) is 5.82 Å². The number of piperidine rings is 1. The van der Waals surface area contributed by atoms with E-state index in [1.54, 1.807) is 6.20 Å². The van der Waals surface area contributed by atoms with Crippen LogP contribution in [0.2, 0.25) is 0 Å². The van der Waals surface area contributed by atoms with Crippen LogP contribution in [-0.2, 0) is 17.9 Å². The summed E-state index contributed by atoms with van der Waals surface area (Å²) < 4.78 is 8.53. The van der Waals surface area contributed by atoms with E-state index in [0.29, 0.717) is 31.3 Å². The van der Waals surface area contributed by atoms with Crippen LogP contribution in [0.15, 0.2) is 69.9 Å². The molecule has 1 N–H and O–H groups in total. The Morgan fingerprint density at radius 1 is 1.20 bits per heavy atom. The van der Waals surface area contributed by atoms with Crippen molar-refractivity contribution in [2.45, 2.75) is 32.9 Å². The maximum atomic E-state index is 13.0. The number of carbonyl (C=O) groups excluding carboxylic acids is 1. The van der Waals surface area contributed by atoms with Crippen molar-refractivity contribution in [2.24, 2.45) is 5.92 Å². The lowest BCUT2D eigenvalue weighted by atomic mass is 9.97. The topological polar surface area (TPSA) is 89.1 Å². The molecule has 1 aliphatic rings. The molecule has 1 amide bonds. The summed E-state index contributed by atoms with van der Waals surface area (Å²) >= 11 is 3.44. The Morgan fingerprint density at radius 2 is 2.03 bits per heavy atom. The third-order valence-corrected chi connectivity index (χ3v) is 6.86. The Hall–Kier alpha value is -3.30. The molecule has 0 spiro atoms. The molecule has 3 heterocycles. The van der Waals surface area contributed by atoms with Crippen LogP contribution in [0.1, 0.15) is 30.1 Å². The molecule has 0 saturated carbocycles. The summed E-state index contributed by atoms with van der Waals surface area (Å²) in [6.07, 6.45) is 5.55. The number of likely N-dealkylation sites (tertiary alicyclic amines) is 1. The minimum atomic E-state index is -0.0697. The van der Waals surface area contributed by atoms with Gasteiger partial charge in [-0.3, -0.25) is 9.69 Å². The van der Waals surface area contributed by atoms with Crippen molar-refractivity contribution in [3.8, 4) is 17.1 Å². The summed E-state index contributed by atoms with van der Waals surface area (Å²) in [4.78, 5) is 24.1. The first kappa shape index (κ1) is 23.4. The van der Waals surface area contributed by atoms with Crippen LogP contribution < -0.4 is 5.32 Å². The highest BCUT2D eigenvalue weighted by Crippen LogP contribution is 2.22. The molecule has 1 atom stereocenters. The van der Waals surface area contributed by atoms with Crippen molar-refractivity contribution in [3.63, 3.8) is 0 Å². The quantitative estimate of drug-likeness (QED) is 0.375. The van der Waals surface area contributed by atoms with Crippen molar-refractivity contribution in [3.05, 3.63) is 82.7 Å². The summed E-state index contributed by atoms with van der Waals surface area (Å²) in [5.41, 5.74) is 3.00. The average Bonchev–Trinajstić information content (AvgIpc) is 3.52. The number of rotatable bonds is 7. The number of imidazole rings is 1. The highest BCUT2D eigenvalue weighted by atomic mass is 79.9. The number of hydrogen-bond acceptors (Lipinski definition) is 6. The molecule has 0 radical (unpaired) electrons. The van der Waals surface area contributed by atoms with E-state index in [1.807, 2.05) is 66.2 Å². The molecule has 9 heteroatoms. The van der Waals surface area contributed by atoms with Gasteiger partial charge in [-0.1, -0.05) is 39.3 Å². The molecule has 35 heavy (non-hydrogen) atoms. The molecule has 4 aromatic rings. The van der Waals surface area contributed by atoms with Crippen molar-refractivity contribution in [2.75, 3.05) is 13.1 Å². The fourth-order valence-electron chi connectivity index (χ4n) is 4.49. The maximum absolute atomic E-state index is 13.0. The standard InChI is InChI=1S/C26H27BrN6O2/c1-18-28-12-14-33(18)23-7-3-2-5-20(23)15-29-26(34)21-6-4-13-32(16-21)17-24-30-25(31-35-24)19-8-10-22(27)11-9-19/h2-3,5,7-12,14,21H,4,6,13,15-17H2,1H3,(H,29,34). The normalized spacial score (nSPS) is 16.3. The summed E-state index contributed by atoms with van der Waals surface area (Å²) in [5.74, 6) is 2.06. The van der Waals surface area contributed by atoms with Gasteiger partial charge in [0.15, 0.2) is 0 Å². The smallest absolute Gasteiger partial charge is 0.241 e. The van der Waals surface area contributed by atoms with E-state index in [9.17, 15) is 4.79 Å². The zero-order valence-electron chi connectivity index (χ0n) is 19.5. The lowest BCUT2D eigenvalue weighted by Crippen LogP contribution is -2.42. The Morgan fingerprint density at radius 3 is 2.83 bits per heavy atom. The number of aryl methyl sites for hydroxylation is 1. The second kappa shape index (κ2) is 10.5. The van der Waals surface area contributed by atoms with Gasteiger partial charge in [-0.05, 0) is 62.2 Å². The van der Waals surface area contributed by atoms with Crippen molar-refractivity contribution in [1.29, 1.82) is 0 Å². The molecule has 1 saturated heterocycles. The third-order valence-electron chi connectivity index (χ3n) is 6.34. The molecule has 8 nitrogen and oxygen atoms in total. The molecule has 2 aromatic carbocycles. The second-order valence-electron chi connectivity index (χ2n) is 8.78. The lowest BCUT2D eigenvalue weighted by molar-refractivity contribution is -0.127. The third kappa shape index (κ3) is 5.52. The first-order chi connectivity index (χ1) is 17.1. The molecular formula is C26H27BrN6O2. The van der Waals surface area contributed by atoms with Crippen LogP contribution >= 0.6 is 15.9 Å². The Labute approximate surface area is 212 Å². The molecule has 180 valence electrons. The van der Waals surface area contributed by atoms with Crippen LogP contribution in [-0.4, -0.2) is 43.6 Å². The summed E-state index contributed by atoms with van der Waals surface area (Å²) in [5, 5.41) is 7.27. The first-order valence-electron chi connectivity index (χ1n) is 11.7. The van der Waals surface area contributed by atoms with E-state index in [0.717, 1.165) is 46.5 Å². The SMILES string of the molecule is Cc1nccn1-c1ccccc1CNC(=O)C1CCCN(Cc2nc(-c3ccc(Br)cc3)no2)C1. The number of carbonyl (C=O) groups is 1. The van der Waals surface area contributed by atoms with Crippen LogP contribution in [0.4, 0.5) is 0 Å². The lowest BCUT2D eigenvalue weighted by Gasteiger charge is -2.31. The Balaban J connectivity index is 1.18. The fraction of sp³-hybridized carbons (Fsp3) is 0.308. The highest BCUT2D eigenvalue weighted by Gasteiger charge is 2.27. The predicted octanol–water partition coefficient (Wildman–Crippen LogP) is 4.52. The zero-order valence-corrected chi connectivity index (χ0v) is 21.1. The highest BCUT2D eigenvalue weighted by molar-refractivity contribution is 9.10. The first-order valence-corrected chi connectivity index (χ1v) is 12.5. The molecule has 0 aliphatic carbocycles. The molecule has 2 aromatic heterocycles. The zero-order chi connectivity index (χ0) is 24.2. The van der Waals surface area contributed by atoms with Crippen molar-refractivity contribution >= 4 is 21.8 Å². The molecule has 5 rings (SSSR count). The van der Waals surface area contributed by atoms with Crippen LogP contribution in [0.3, 0.4) is 0 Å². The van der Waals surface area contributed by atoms with Gasteiger partial charge in [0.25, 0.3) is 0 Å². The van der Waals surface area contributed by atoms with E-state index < -0.39 is 0 Å². The molecular weight excluding hydrogens is 508 g/mol. The number of para-hydroxylation sites is 1. The van der Waals surface area contributed by atoms with Crippen molar-refractivity contribution < 1.29 is 9.32 Å². The molecule has 1 aliphatic heterocycles. The van der Waals surface area contributed by atoms with E-state index >= 15 is 0 Å². The summed E-state index contributed by atoms with van der Waals surface area (Å²) in [6.45, 7) is 4.56. The van der Waals surface area contributed by atoms with E-state index in [2.05, 4.69) is 41.3 Å². The van der Waals surface area contributed by atoms with Crippen LogP contribution in [0, 0.1) is 12.8 Å². The van der Waals surface area contributed by atoms with E-state index in [4.69, 9.17) is 4.52 Å². The largest absolute Gasteiger partial charge is 0.352 e. The monoisotopic (exact) mass is 534 g/mol. The Bertz CT molecular complexity index is 1300. The van der Waals surface area contributed by atoms with Crippen LogP contribution in [0.25, 0.3) is 17.1 Å². The van der Waals surface area contributed by atoms with Gasteiger partial charge in [-0.25, -0.2) is 4.98 Å². The van der Waals surface area contributed by atoms with Gasteiger partial charge in [0, 0.05) is 35.5 Å². The number of nitrogens with zero attached hydrogens (tertiary/aromatic N) is 5. The van der Waals surface area contributed by atoms with Crippen molar-refractivity contribution in [1.82, 2.24) is 29.9 Å². The van der Waals surface area contributed by atoms with Crippen LogP contribution in [0.5, 0.6) is 0 Å². The van der Waals surface area contributed by atoms with E-state index in [1.165, 1.54) is 0 Å². The molecule has 1 fully saturated rings. The minimum absolute atomic E-state index is 0.0697. The number of nitrogens with one attached hydrogen (secondary N) is 1. The second-order valence-corrected chi connectivity index (χ2v) is 9.70. The van der Waals surface area contributed by atoms with Gasteiger partial charge in [-0.15, -0.1) is 0 Å². The summed E-state index contributed by atoms with van der Waals surface area (Å²) in [6, 6.07) is 15.9. The molecule has 0 bridgehead atoms. The predicted molar refractivity (Wildman–Crippen MR) is 136 cm³/mol. The summed E-state index contributed by atoms with van der Waals surface area (Å²) in [7, 11) is 0. The molecule has 1 unspecified atom stereocenters.